The topological polar surface area (TPSA) is 60.2 Å². The van der Waals surface area contributed by atoms with Gasteiger partial charge in [-0.05, 0) is 38.8 Å². The van der Waals surface area contributed by atoms with Crippen molar-refractivity contribution >= 4 is 5.82 Å². The van der Waals surface area contributed by atoms with E-state index in [1.54, 1.807) is 0 Å². The van der Waals surface area contributed by atoms with Gasteiger partial charge in [-0.2, -0.15) is 5.26 Å². The molecule has 1 fully saturated rings. The largest absolute Gasteiger partial charge is 0.393 e. The van der Waals surface area contributed by atoms with Crippen molar-refractivity contribution in [1.29, 1.82) is 5.26 Å². The Morgan fingerprint density at radius 1 is 1.56 bits per heavy atom. The van der Waals surface area contributed by atoms with Gasteiger partial charge in [-0.1, -0.05) is 0 Å². The Hall–Kier alpha value is -1.60. The Kier molecular flexibility index (Phi) is 3.53. The lowest BCUT2D eigenvalue weighted by atomic mass is 10.0. The molecule has 1 aliphatic heterocycles. The van der Waals surface area contributed by atoms with Crippen LogP contribution in [0.2, 0.25) is 0 Å². The highest BCUT2D eigenvalue weighted by atomic mass is 16.3. The zero-order valence-corrected chi connectivity index (χ0v) is 11.1. The van der Waals surface area contributed by atoms with Gasteiger partial charge in [0.2, 0.25) is 0 Å². The molecule has 4 nitrogen and oxygen atoms in total. The molecule has 2 unspecified atom stereocenters. The maximum atomic E-state index is 9.64. The Morgan fingerprint density at radius 3 is 2.83 bits per heavy atom. The minimum Gasteiger partial charge on any atom is -0.393 e. The lowest BCUT2D eigenvalue weighted by Gasteiger charge is -2.21. The van der Waals surface area contributed by atoms with E-state index >= 15 is 0 Å². The fourth-order valence-electron chi connectivity index (χ4n) is 2.56. The second kappa shape index (κ2) is 4.95. The van der Waals surface area contributed by atoms with Crippen molar-refractivity contribution in [2.24, 2.45) is 5.92 Å². The van der Waals surface area contributed by atoms with E-state index in [1.165, 1.54) is 0 Å². The zero-order valence-electron chi connectivity index (χ0n) is 11.1. The van der Waals surface area contributed by atoms with Crippen molar-refractivity contribution < 1.29 is 5.11 Å². The molecule has 2 rings (SSSR count). The van der Waals surface area contributed by atoms with Crippen molar-refractivity contribution in [1.82, 2.24) is 4.98 Å². The maximum absolute atomic E-state index is 9.64. The molecule has 18 heavy (non-hydrogen) atoms. The molecular weight excluding hydrogens is 226 g/mol. The molecule has 4 heteroatoms. The second-order valence-electron chi connectivity index (χ2n) is 5.13. The smallest absolute Gasteiger partial charge is 0.147 e. The van der Waals surface area contributed by atoms with E-state index in [0.717, 1.165) is 36.6 Å². The van der Waals surface area contributed by atoms with E-state index in [1.807, 2.05) is 26.8 Å². The standard InChI is InChI=1S/C14H19N3O/c1-9-6-10(2)16-14(13(9)7-15)17-5-4-12(8-17)11(3)18/h6,11-12,18H,4-5,8H2,1-3H3. The van der Waals surface area contributed by atoms with Gasteiger partial charge < -0.3 is 10.0 Å². The van der Waals surface area contributed by atoms with Crippen molar-refractivity contribution in [3.63, 3.8) is 0 Å². The second-order valence-corrected chi connectivity index (χ2v) is 5.13. The third-order valence-corrected chi connectivity index (χ3v) is 3.64. The molecule has 0 radical (unpaired) electrons. The van der Waals surface area contributed by atoms with Gasteiger partial charge in [0.1, 0.15) is 11.9 Å². The summed E-state index contributed by atoms with van der Waals surface area (Å²) in [6, 6.07) is 4.18. The van der Waals surface area contributed by atoms with Crippen LogP contribution in [0.1, 0.15) is 30.2 Å². The fourth-order valence-corrected chi connectivity index (χ4v) is 2.56. The Balaban J connectivity index is 2.32. The molecule has 0 saturated carbocycles. The van der Waals surface area contributed by atoms with Gasteiger partial charge in [0, 0.05) is 24.7 Å². The molecule has 2 atom stereocenters. The third-order valence-electron chi connectivity index (χ3n) is 3.64. The Labute approximate surface area is 108 Å². The molecule has 0 spiro atoms. The molecule has 0 bridgehead atoms. The number of aliphatic hydroxyl groups excluding tert-OH is 1. The van der Waals surface area contributed by atoms with Gasteiger partial charge in [0.15, 0.2) is 0 Å². The first kappa shape index (κ1) is 12.8. The van der Waals surface area contributed by atoms with E-state index < -0.39 is 0 Å². The number of nitrogens with zero attached hydrogens (tertiary/aromatic N) is 3. The van der Waals surface area contributed by atoms with Gasteiger partial charge in [-0.3, -0.25) is 0 Å². The van der Waals surface area contributed by atoms with Crippen LogP contribution in [0.5, 0.6) is 0 Å². The van der Waals surface area contributed by atoms with Crippen molar-refractivity contribution in [2.75, 3.05) is 18.0 Å². The predicted octanol–water partition coefficient (Wildman–Crippen LogP) is 1.78. The molecule has 1 N–H and O–H groups in total. The maximum Gasteiger partial charge on any atom is 0.147 e. The highest BCUT2D eigenvalue weighted by Crippen LogP contribution is 2.28. The molecule has 2 heterocycles. The van der Waals surface area contributed by atoms with Crippen LogP contribution in [0.3, 0.4) is 0 Å². The fraction of sp³-hybridized carbons (Fsp3) is 0.571. The number of hydrogen-bond donors (Lipinski definition) is 1. The number of aryl methyl sites for hydroxylation is 2. The van der Waals surface area contributed by atoms with Crippen LogP contribution in [0.25, 0.3) is 0 Å². The highest BCUT2D eigenvalue weighted by molar-refractivity contribution is 5.58. The van der Waals surface area contributed by atoms with E-state index in [-0.39, 0.29) is 12.0 Å². The van der Waals surface area contributed by atoms with Crippen molar-refractivity contribution in [3.8, 4) is 6.07 Å². The first-order valence-corrected chi connectivity index (χ1v) is 6.34. The lowest BCUT2D eigenvalue weighted by Crippen LogP contribution is -2.25. The monoisotopic (exact) mass is 245 g/mol. The normalized spacial score (nSPS) is 20.8. The minimum absolute atomic E-state index is 0.277. The number of aliphatic hydroxyl groups is 1. The van der Waals surface area contributed by atoms with Gasteiger partial charge in [0.05, 0.1) is 11.7 Å². The number of hydrogen-bond acceptors (Lipinski definition) is 4. The predicted molar refractivity (Wildman–Crippen MR) is 70.4 cm³/mol. The van der Waals surface area contributed by atoms with Crippen LogP contribution in [-0.2, 0) is 0 Å². The van der Waals surface area contributed by atoms with Crippen LogP contribution in [0, 0.1) is 31.1 Å². The summed E-state index contributed by atoms with van der Waals surface area (Å²) in [6.45, 7) is 7.36. The van der Waals surface area contributed by atoms with Crippen LogP contribution >= 0.6 is 0 Å². The summed E-state index contributed by atoms with van der Waals surface area (Å²) in [7, 11) is 0. The molecule has 0 aliphatic carbocycles. The molecule has 1 aromatic rings. The van der Waals surface area contributed by atoms with E-state index in [4.69, 9.17) is 0 Å². The first-order valence-electron chi connectivity index (χ1n) is 6.34. The number of pyridine rings is 1. The lowest BCUT2D eigenvalue weighted by molar-refractivity contribution is 0.136. The molecule has 0 amide bonds. The van der Waals surface area contributed by atoms with Crippen LogP contribution in [0.4, 0.5) is 5.82 Å². The molecule has 1 saturated heterocycles. The molecule has 1 aliphatic rings. The SMILES string of the molecule is Cc1cc(C)c(C#N)c(N2CCC(C(C)O)C2)n1. The van der Waals surface area contributed by atoms with E-state index in [9.17, 15) is 10.4 Å². The number of rotatable bonds is 2. The van der Waals surface area contributed by atoms with Crippen molar-refractivity contribution in [2.45, 2.75) is 33.3 Å². The minimum atomic E-state index is -0.300. The zero-order chi connectivity index (χ0) is 13.3. The summed E-state index contributed by atoms with van der Waals surface area (Å²) in [5.41, 5.74) is 2.56. The summed E-state index contributed by atoms with van der Waals surface area (Å²) in [5.74, 6) is 1.05. The van der Waals surface area contributed by atoms with Crippen LogP contribution in [-0.4, -0.2) is 29.3 Å². The van der Waals surface area contributed by atoms with Gasteiger partial charge in [-0.25, -0.2) is 4.98 Å². The van der Waals surface area contributed by atoms with E-state index in [2.05, 4.69) is 16.0 Å². The Morgan fingerprint density at radius 2 is 2.28 bits per heavy atom. The highest BCUT2D eigenvalue weighted by Gasteiger charge is 2.28. The summed E-state index contributed by atoms with van der Waals surface area (Å²) >= 11 is 0. The summed E-state index contributed by atoms with van der Waals surface area (Å²) in [4.78, 5) is 6.62. The van der Waals surface area contributed by atoms with Crippen LogP contribution in [0.15, 0.2) is 6.07 Å². The van der Waals surface area contributed by atoms with Crippen molar-refractivity contribution in [3.05, 3.63) is 22.9 Å². The summed E-state index contributed by atoms with van der Waals surface area (Å²) in [6.07, 6.45) is 0.656. The average Bonchev–Trinajstić information content (AvgIpc) is 2.77. The van der Waals surface area contributed by atoms with E-state index in [0.29, 0.717) is 5.56 Å². The number of anilines is 1. The summed E-state index contributed by atoms with van der Waals surface area (Å²) in [5, 5.41) is 18.9. The molecular formula is C14H19N3O. The number of nitriles is 1. The van der Waals surface area contributed by atoms with Gasteiger partial charge in [-0.15, -0.1) is 0 Å². The molecule has 96 valence electrons. The average molecular weight is 245 g/mol. The van der Waals surface area contributed by atoms with Crippen LogP contribution < -0.4 is 4.90 Å². The third kappa shape index (κ3) is 2.32. The molecule has 0 aromatic carbocycles. The van der Waals surface area contributed by atoms with Gasteiger partial charge in [0.25, 0.3) is 0 Å². The summed E-state index contributed by atoms with van der Waals surface area (Å²) < 4.78 is 0. The number of aromatic nitrogens is 1. The Bertz CT molecular complexity index is 491. The quantitative estimate of drug-likeness (QED) is 0.862. The van der Waals surface area contributed by atoms with Gasteiger partial charge >= 0.3 is 0 Å². The molecule has 1 aromatic heterocycles. The first-order chi connectivity index (χ1) is 8.52.